The van der Waals surface area contributed by atoms with Crippen LogP contribution in [0.3, 0.4) is 0 Å². The van der Waals surface area contributed by atoms with Crippen LogP contribution in [0.2, 0.25) is 5.02 Å². The number of sulfonamides is 1. The number of hydrogen-bond acceptors (Lipinski definition) is 4. The molecule has 2 rings (SSSR count). The first kappa shape index (κ1) is 14.8. The summed E-state index contributed by atoms with van der Waals surface area (Å²) in [6.07, 6.45) is 1.53. The van der Waals surface area contributed by atoms with Gasteiger partial charge in [0, 0.05) is 18.4 Å². The van der Waals surface area contributed by atoms with Crippen LogP contribution in [0.4, 0.5) is 5.69 Å². The van der Waals surface area contributed by atoms with E-state index in [0.717, 1.165) is 11.3 Å². The number of benzene rings is 1. The van der Waals surface area contributed by atoms with Crippen LogP contribution < -0.4 is 10.5 Å². The molecule has 0 amide bonds. The zero-order valence-corrected chi connectivity index (χ0v) is 12.4. The van der Waals surface area contributed by atoms with E-state index in [0.29, 0.717) is 12.2 Å². The second kappa shape index (κ2) is 5.78. The van der Waals surface area contributed by atoms with Crippen molar-refractivity contribution in [2.24, 2.45) is 5.73 Å². The highest BCUT2D eigenvalue weighted by atomic mass is 35.5. The summed E-state index contributed by atoms with van der Waals surface area (Å²) in [5.41, 5.74) is 7.42. The van der Waals surface area contributed by atoms with Gasteiger partial charge in [0.15, 0.2) is 0 Å². The maximum atomic E-state index is 12.3. The first-order valence-corrected chi connectivity index (χ1v) is 7.72. The molecule has 0 bridgehead atoms. The molecule has 20 heavy (non-hydrogen) atoms. The van der Waals surface area contributed by atoms with Crippen molar-refractivity contribution in [3.8, 4) is 0 Å². The van der Waals surface area contributed by atoms with Gasteiger partial charge in [0.2, 0.25) is 0 Å². The Kier molecular flexibility index (Phi) is 4.27. The smallest absolute Gasteiger partial charge is 0.263 e. The van der Waals surface area contributed by atoms with Gasteiger partial charge >= 0.3 is 0 Å². The summed E-state index contributed by atoms with van der Waals surface area (Å²) in [4.78, 5) is 4.03. The van der Waals surface area contributed by atoms with Gasteiger partial charge in [0.25, 0.3) is 10.0 Å². The third-order valence-corrected chi connectivity index (χ3v) is 4.53. The number of aromatic nitrogens is 1. The zero-order valence-electron chi connectivity index (χ0n) is 10.8. The minimum Gasteiger partial charge on any atom is -0.326 e. The number of pyridine rings is 1. The number of aryl methyl sites for hydroxylation is 1. The number of anilines is 1. The molecule has 0 spiro atoms. The third kappa shape index (κ3) is 3.27. The topological polar surface area (TPSA) is 85.1 Å². The predicted molar refractivity (Wildman–Crippen MR) is 79.1 cm³/mol. The maximum Gasteiger partial charge on any atom is 0.263 e. The number of rotatable bonds is 4. The first-order valence-electron chi connectivity index (χ1n) is 5.86. The van der Waals surface area contributed by atoms with Crippen molar-refractivity contribution >= 4 is 27.3 Å². The molecule has 0 saturated heterocycles. The van der Waals surface area contributed by atoms with Gasteiger partial charge in [-0.05, 0) is 36.8 Å². The van der Waals surface area contributed by atoms with Crippen molar-refractivity contribution in [1.29, 1.82) is 0 Å². The molecule has 106 valence electrons. The lowest BCUT2D eigenvalue weighted by molar-refractivity contribution is 0.601. The second-order valence-corrected chi connectivity index (χ2v) is 6.32. The highest BCUT2D eigenvalue weighted by Gasteiger charge is 2.18. The van der Waals surface area contributed by atoms with E-state index >= 15 is 0 Å². The lowest BCUT2D eigenvalue weighted by atomic mass is 10.2. The summed E-state index contributed by atoms with van der Waals surface area (Å²) in [6, 6.07) is 7.85. The Hall–Kier alpha value is -1.63. The highest BCUT2D eigenvalue weighted by molar-refractivity contribution is 7.92. The van der Waals surface area contributed by atoms with Crippen LogP contribution in [0, 0.1) is 6.92 Å². The average Bonchev–Trinajstić information content (AvgIpc) is 2.37. The van der Waals surface area contributed by atoms with Gasteiger partial charge in [-0.3, -0.25) is 9.71 Å². The molecule has 0 aliphatic rings. The van der Waals surface area contributed by atoms with Crippen molar-refractivity contribution in [2.45, 2.75) is 18.4 Å². The summed E-state index contributed by atoms with van der Waals surface area (Å²) < 4.78 is 27.0. The summed E-state index contributed by atoms with van der Waals surface area (Å²) in [5.74, 6) is 0. The average molecular weight is 312 g/mol. The number of nitrogens with two attached hydrogens (primary N) is 1. The highest BCUT2D eigenvalue weighted by Crippen LogP contribution is 2.24. The summed E-state index contributed by atoms with van der Waals surface area (Å²) in [7, 11) is -3.74. The van der Waals surface area contributed by atoms with Crippen molar-refractivity contribution in [2.75, 3.05) is 4.72 Å². The monoisotopic (exact) mass is 311 g/mol. The molecule has 0 radical (unpaired) electrons. The van der Waals surface area contributed by atoms with Gasteiger partial charge in [-0.1, -0.05) is 17.7 Å². The second-order valence-electron chi connectivity index (χ2n) is 4.26. The van der Waals surface area contributed by atoms with Crippen LogP contribution in [0.5, 0.6) is 0 Å². The van der Waals surface area contributed by atoms with Gasteiger partial charge in [-0.2, -0.15) is 0 Å². The minimum atomic E-state index is -3.74. The Morgan fingerprint density at radius 1 is 1.30 bits per heavy atom. The van der Waals surface area contributed by atoms with Crippen LogP contribution in [-0.2, 0) is 16.6 Å². The Morgan fingerprint density at radius 2 is 2.05 bits per heavy atom. The molecule has 1 aromatic carbocycles. The Balaban J connectivity index is 2.36. The fourth-order valence-corrected chi connectivity index (χ4v) is 3.33. The summed E-state index contributed by atoms with van der Waals surface area (Å²) in [6.45, 7) is 2.08. The number of nitrogens with one attached hydrogen (secondary N) is 1. The van der Waals surface area contributed by atoms with Gasteiger partial charge in [-0.25, -0.2) is 8.42 Å². The molecule has 5 nitrogen and oxygen atoms in total. The van der Waals surface area contributed by atoms with Crippen LogP contribution in [0.1, 0.15) is 11.3 Å². The fraction of sp³-hybridized carbons (Fsp3) is 0.154. The van der Waals surface area contributed by atoms with Crippen molar-refractivity contribution in [3.63, 3.8) is 0 Å². The molecule has 0 fully saturated rings. The molecule has 2 aromatic rings. The van der Waals surface area contributed by atoms with E-state index in [1.807, 2.05) is 0 Å². The van der Waals surface area contributed by atoms with E-state index < -0.39 is 10.0 Å². The Morgan fingerprint density at radius 3 is 2.65 bits per heavy atom. The molecule has 3 N–H and O–H groups in total. The molecule has 1 heterocycles. The van der Waals surface area contributed by atoms with Crippen LogP contribution in [0.25, 0.3) is 0 Å². The van der Waals surface area contributed by atoms with E-state index in [2.05, 4.69) is 9.71 Å². The maximum absolute atomic E-state index is 12.3. The van der Waals surface area contributed by atoms with Crippen molar-refractivity contribution < 1.29 is 8.42 Å². The summed E-state index contributed by atoms with van der Waals surface area (Å²) >= 11 is 6.00. The quantitative estimate of drug-likeness (QED) is 0.907. The van der Waals surface area contributed by atoms with E-state index in [9.17, 15) is 8.42 Å². The van der Waals surface area contributed by atoms with Crippen molar-refractivity contribution in [1.82, 2.24) is 4.98 Å². The van der Waals surface area contributed by atoms with Gasteiger partial charge in [0.1, 0.15) is 4.90 Å². The molecule has 0 unspecified atom stereocenters. The Bertz CT molecular complexity index is 732. The van der Waals surface area contributed by atoms with Gasteiger partial charge < -0.3 is 5.73 Å². The first-order chi connectivity index (χ1) is 9.42. The lowest BCUT2D eigenvalue weighted by Gasteiger charge is -2.10. The van der Waals surface area contributed by atoms with Crippen LogP contribution in [0.15, 0.2) is 41.4 Å². The van der Waals surface area contributed by atoms with Gasteiger partial charge in [-0.15, -0.1) is 0 Å². The number of nitrogens with zero attached hydrogens (tertiary/aromatic N) is 1. The largest absolute Gasteiger partial charge is 0.326 e. The van der Waals surface area contributed by atoms with Gasteiger partial charge in [0.05, 0.1) is 10.7 Å². The minimum absolute atomic E-state index is 0.0193. The number of hydrogen-bond donors (Lipinski definition) is 2. The SMILES string of the molecule is Cc1cc(NS(=O)(=O)c2ccc(CN)cc2Cl)ccn1. The molecule has 7 heteroatoms. The zero-order chi connectivity index (χ0) is 14.8. The van der Waals surface area contributed by atoms with E-state index in [4.69, 9.17) is 17.3 Å². The molecule has 0 aliphatic carbocycles. The Labute approximate surface area is 122 Å². The van der Waals surface area contributed by atoms with Crippen LogP contribution >= 0.6 is 11.6 Å². The summed E-state index contributed by atoms with van der Waals surface area (Å²) in [5, 5.41) is 0.145. The van der Waals surface area contributed by atoms with E-state index in [1.165, 1.54) is 12.3 Å². The number of halogens is 1. The van der Waals surface area contributed by atoms with E-state index in [1.54, 1.807) is 31.2 Å². The molecule has 0 aliphatic heterocycles. The normalized spacial score (nSPS) is 11.3. The fourth-order valence-electron chi connectivity index (χ4n) is 1.71. The standard InChI is InChI=1S/C13H14ClN3O2S/c1-9-6-11(4-5-16-9)17-20(18,19)13-3-2-10(8-15)7-12(13)14/h2-7H,8,15H2,1H3,(H,16,17). The molecular formula is C13H14ClN3O2S. The third-order valence-electron chi connectivity index (χ3n) is 2.67. The molecule has 0 atom stereocenters. The van der Waals surface area contributed by atoms with Crippen molar-refractivity contribution in [3.05, 3.63) is 52.8 Å². The lowest BCUT2D eigenvalue weighted by Crippen LogP contribution is -2.14. The predicted octanol–water partition coefficient (Wildman–Crippen LogP) is 2.30. The molecular weight excluding hydrogens is 298 g/mol. The van der Waals surface area contributed by atoms with E-state index in [-0.39, 0.29) is 9.92 Å². The molecule has 1 aromatic heterocycles. The molecule has 0 saturated carbocycles. The van der Waals surface area contributed by atoms with Crippen LogP contribution in [-0.4, -0.2) is 13.4 Å².